The van der Waals surface area contributed by atoms with Crippen LogP contribution in [0.2, 0.25) is 5.02 Å². The molecule has 1 fully saturated rings. The molecule has 102 valence electrons. The average Bonchev–Trinajstić information content (AvgIpc) is 2.41. The summed E-state index contributed by atoms with van der Waals surface area (Å²) in [4.78, 5) is 24.7. The number of carbonyl (C=O) groups is 2. The van der Waals surface area contributed by atoms with Crippen molar-refractivity contribution in [3.05, 3.63) is 33.3 Å². The minimum Gasteiger partial charge on any atom is -0.479 e. The van der Waals surface area contributed by atoms with Gasteiger partial charge in [-0.1, -0.05) is 11.6 Å². The number of hydrogen-bond acceptors (Lipinski definition) is 3. The Morgan fingerprint density at radius 3 is 2.89 bits per heavy atom. The molecule has 1 N–H and O–H groups in total. The molecule has 1 aromatic rings. The number of ether oxygens (including phenoxy) is 1. The third kappa shape index (κ3) is 3.26. The molecule has 1 aliphatic rings. The van der Waals surface area contributed by atoms with Crippen LogP contribution in [0.4, 0.5) is 0 Å². The summed E-state index contributed by atoms with van der Waals surface area (Å²) >= 11 is 9.16. The molecular weight excluding hydrogens is 337 g/mol. The van der Waals surface area contributed by atoms with Crippen molar-refractivity contribution >= 4 is 39.4 Å². The SMILES string of the molecule is O=C(O)[C@H]1CN(C(=O)c2cc(Cl)ccc2Br)CCO1. The van der Waals surface area contributed by atoms with Gasteiger partial charge in [0.25, 0.3) is 5.91 Å². The predicted molar refractivity (Wildman–Crippen MR) is 72.4 cm³/mol. The Balaban J connectivity index is 2.19. The monoisotopic (exact) mass is 347 g/mol. The highest BCUT2D eigenvalue weighted by atomic mass is 79.9. The number of carboxylic acid groups (broad SMARTS) is 1. The standard InChI is InChI=1S/C12H11BrClNO4/c13-9-2-1-7(14)5-8(9)11(16)15-3-4-19-10(6-15)12(17)18/h1-2,5,10H,3-4,6H2,(H,17,18)/t10-/m1/s1. The summed E-state index contributed by atoms with van der Waals surface area (Å²) in [7, 11) is 0. The Kier molecular flexibility index (Phi) is 4.44. The molecule has 1 atom stereocenters. The number of benzene rings is 1. The largest absolute Gasteiger partial charge is 0.479 e. The molecule has 0 aliphatic carbocycles. The molecule has 1 aliphatic heterocycles. The minimum absolute atomic E-state index is 0.0348. The molecule has 1 aromatic carbocycles. The normalized spacial score (nSPS) is 19.3. The maximum Gasteiger partial charge on any atom is 0.334 e. The van der Waals surface area contributed by atoms with E-state index in [2.05, 4.69) is 15.9 Å². The molecule has 0 bridgehead atoms. The Bertz CT molecular complexity index is 522. The zero-order chi connectivity index (χ0) is 14.0. The third-order valence-corrected chi connectivity index (χ3v) is 3.71. The molecule has 0 saturated carbocycles. The van der Waals surface area contributed by atoms with Gasteiger partial charge in [0.05, 0.1) is 18.7 Å². The second-order valence-corrected chi connectivity index (χ2v) is 5.36. The number of carboxylic acids is 1. The van der Waals surface area contributed by atoms with E-state index < -0.39 is 12.1 Å². The number of hydrogen-bond donors (Lipinski definition) is 1. The van der Waals surface area contributed by atoms with Crippen LogP contribution in [-0.4, -0.2) is 47.7 Å². The topological polar surface area (TPSA) is 66.8 Å². The van der Waals surface area contributed by atoms with Gasteiger partial charge in [-0.15, -0.1) is 0 Å². The Hall–Kier alpha value is -1.11. The smallest absolute Gasteiger partial charge is 0.334 e. The maximum absolute atomic E-state index is 12.3. The second kappa shape index (κ2) is 5.90. The van der Waals surface area contributed by atoms with Crippen LogP contribution in [0.15, 0.2) is 22.7 Å². The summed E-state index contributed by atoms with van der Waals surface area (Å²) in [6.07, 6.45) is -0.976. The first-order valence-corrected chi connectivity index (χ1v) is 6.75. The summed E-state index contributed by atoms with van der Waals surface area (Å²) in [6, 6.07) is 4.91. The van der Waals surface area contributed by atoms with Crippen molar-refractivity contribution in [2.24, 2.45) is 0 Å². The molecule has 5 nitrogen and oxygen atoms in total. The summed E-state index contributed by atoms with van der Waals surface area (Å²) < 4.78 is 5.70. The van der Waals surface area contributed by atoms with E-state index in [0.29, 0.717) is 21.6 Å². The number of carbonyl (C=O) groups excluding carboxylic acids is 1. The predicted octanol–water partition coefficient (Wildman–Crippen LogP) is 2.03. The Morgan fingerprint density at radius 1 is 1.47 bits per heavy atom. The maximum atomic E-state index is 12.3. The Labute approximate surface area is 123 Å². The number of aliphatic carboxylic acids is 1. The van der Waals surface area contributed by atoms with Crippen LogP contribution in [-0.2, 0) is 9.53 Å². The van der Waals surface area contributed by atoms with Gasteiger partial charge < -0.3 is 14.7 Å². The van der Waals surface area contributed by atoms with Crippen LogP contribution in [0, 0.1) is 0 Å². The van der Waals surface area contributed by atoms with E-state index in [9.17, 15) is 9.59 Å². The quantitative estimate of drug-likeness (QED) is 0.888. The van der Waals surface area contributed by atoms with Gasteiger partial charge in [0.1, 0.15) is 0 Å². The molecule has 0 aromatic heterocycles. The van der Waals surface area contributed by atoms with E-state index >= 15 is 0 Å². The van der Waals surface area contributed by atoms with Gasteiger partial charge in [-0.25, -0.2) is 4.79 Å². The first-order chi connectivity index (χ1) is 8.99. The van der Waals surface area contributed by atoms with Crippen LogP contribution in [0.5, 0.6) is 0 Å². The molecule has 0 unspecified atom stereocenters. The number of nitrogens with zero attached hydrogens (tertiary/aromatic N) is 1. The van der Waals surface area contributed by atoms with Crippen molar-refractivity contribution in [3.63, 3.8) is 0 Å². The van der Waals surface area contributed by atoms with E-state index in [4.69, 9.17) is 21.4 Å². The van der Waals surface area contributed by atoms with E-state index in [0.717, 1.165) is 0 Å². The number of halogens is 2. The molecule has 0 radical (unpaired) electrons. The zero-order valence-electron chi connectivity index (χ0n) is 9.81. The van der Waals surface area contributed by atoms with Gasteiger partial charge in [0, 0.05) is 16.0 Å². The van der Waals surface area contributed by atoms with E-state index in [-0.39, 0.29) is 19.1 Å². The summed E-state index contributed by atoms with van der Waals surface area (Å²) in [5, 5.41) is 9.37. The first kappa shape index (κ1) is 14.3. The number of rotatable bonds is 2. The van der Waals surface area contributed by atoms with Crippen molar-refractivity contribution in [1.82, 2.24) is 4.90 Å². The van der Waals surface area contributed by atoms with Crippen LogP contribution in [0.25, 0.3) is 0 Å². The van der Waals surface area contributed by atoms with Gasteiger partial charge in [-0.2, -0.15) is 0 Å². The summed E-state index contributed by atoms with van der Waals surface area (Å²) in [6.45, 7) is 0.607. The molecular formula is C12H11BrClNO4. The zero-order valence-corrected chi connectivity index (χ0v) is 12.1. The van der Waals surface area contributed by atoms with Gasteiger partial charge in [-0.05, 0) is 34.1 Å². The lowest BCUT2D eigenvalue weighted by atomic mass is 10.1. The summed E-state index contributed by atoms with van der Waals surface area (Å²) in [5.74, 6) is -1.33. The molecule has 1 heterocycles. The second-order valence-electron chi connectivity index (χ2n) is 4.07. The fourth-order valence-corrected chi connectivity index (χ4v) is 2.40. The summed E-state index contributed by atoms with van der Waals surface area (Å²) in [5.41, 5.74) is 0.415. The highest BCUT2D eigenvalue weighted by molar-refractivity contribution is 9.10. The third-order valence-electron chi connectivity index (χ3n) is 2.79. The van der Waals surface area contributed by atoms with Crippen LogP contribution < -0.4 is 0 Å². The molecule has 7 heteroatoms. The highest BCUT2D eigenvalue weighted by Crippen LogP contribution is 2.23. The van der Waals surface area contributed by atoms with Crippen LogP contribution in [0.3, 0.4) is 0 Å². The molecule has 19 heavy (non-hydrogen) atoms. The first-order valence-electron chi connectivity index (χ1n) is 5.58. The number of morpholine rings is 1. The fraction of sp³-hybridized carbons (Fsp3) is 0.333. The Morgan fingerprint density at radius 2 is 2.21 bits per heavy atom. The molecule has 0 spiro atoms. The lowest BCUT2D eigenvalue weighted by Gasteiger charge is -2.31. The molecule has 1 amide bonds. The van der Waals surface area contributed by atoms with Gasteiger partial charge in [0.15, 0.2) is 6.10 Å². The van der Waals surface area contributed by atoms with Crippen molar-refractivity contribution in [1.29, 1.82) is 0 Å². The van der Waals surface area contributed by atoms with Crippen molar-refractivity contribution < 1.29 is 19.4 Å². The van der Waals surface area contributed by atoms with Gasteiger partial charge in [0.2, 0.25) is 0 Å². The van der Waals surface area contributed by atoms with E-state index in [1.807, 2.05) is 0 Å². The fourth-order valence-electron chi connectivity index (χ4n) is 1.81. The lowest BCUT2D eigenvalue weighted by molar-refractivity contribution is -0.154. The van der Waals surface area contributed by atoms with Crippen LogP contribution in [0.1, 0.15) is 10.4 Å². The average molecular weight is 349 g/mol. The van der Waals surface area contributed by atoms with E-state index in [1.165, 1.54) is 4.90 Å². The lowest BCUT2D eigenvalue weighted by Crippen LogP contribution is -2.48. The molecule has 1 saturated heterocycles. The van der Waals surface area contributed by atoms with Gasteiger partial charge >= 0.3 is 5.97 Å². The van der Waals surface area contributed by atoms with Crippen molar-refractivity contribution in [2.45, 2.75) is 6.10 Å². The van der Waals surface area contributed by atoms with Crippen molar-refractivity contribution in [2.75, 3.05) is 19.7 Å². The minimum atomic E-state index is -1.07. The van der Waals surface area contributed by atoms with E-state index in [1.54, 1.807) is 18.2 Å². The molecule has 2 rings (SSSR count). The number of amides is 1. The van der Waals surface area contributed by atoms with Gasteiger partial charge in [-0.3, -0.25) is 4.79 Å². The van der Waals surface area contributed by atoms with Crippen LogP contribution >= 0.6 is 27.5 Å². The highest BCUT2D eigenvalue weighted by Gasteiger charge is 2.30. The van der Waals surface area contributed by atoms with Crippen molar-refractivity contribution in [3.8, 4) is 0 Å².